The number of hydrogen-bond acceptors (Lipinski definition) is 5. The van der Waals surface area contributed by atoms with E-state index >= 15 is 0 Å². The molecular weight excluding hydrogens is 242 g/mol. The quantitative estimate of drug-likeness (QED) is 0.832. The van der Waals surface area contributed by atoms with Crippen LogP contribution in [-0.4, -0.2) is 54.5 Å². The van der Waals surface area contributed by atoms with E-state index in [4.69, 9.17) is 0 Å². The number of amides is 1. The molecule has 2 heterocycles. The fraction of sp³-hybridized carbons (Fsp3) is 0.615. The second kappa shape index (κ2) is 6.47. The maximum Gasteiger partial charge on any atom is 0.271 e. The lowest BCUT2D eigenvalue weighted by Crippen LogP contribution is -2.37. The number of likely N-dealkylation sites (tertiary alicyclic amines) is 1. The second-order valence-corrected chi connectivity index (χ2v) is 5.00. The zero-order chi connectivity index (χ0) is 13.7. The van der Waals surface area contributed by atoms with Crippen LogP contribution in [0.15, 0.2) is 12.4 Å². The monoisotopic (exact) mass is 263 g/mol. The summed E-state index contributed by atoms with van der Waals surface area (Å²) in [5.74, 6) is 1.02. The first-order chi connectivity index (χ1) is 9.19. The van der Waals surface area contributed by atoms with Crippen LogP contribution in [0.4, 0.5) is 5.82 Å². The minimum absolute atomic E-state index is 0.150. The van der Waals surface area contributed by atoms with Gasteiger partial charge in [-0.3, -0.25) is 9.78 Å². The third-order valence-electron chi connectivity index (χ3n) is 3.51. The van der Waals surface area contributed by atoms with E-state index in [1.165, 1.54) is 6.20 Å². The smallest absolute Gasteiger partial charge is 0.271 e. The SMILES string of the molecule is CNc1cncc(C(=O)NCC2CCN(C)CC2)n1. The van der Waals surface area contributed by atoms with Crippen LogP contribution in [0.2, 0.25) is 0 Å². The van der Waals surface area contributed by atoms with Crippen molar-refractivity contribution >= 4 is 11.7 Å². The molecule has 6 heteroatoms. The van der Waals surface area contributed by atoms with Crippen molar-refractivity contribution in [1.82, 2.24) is 20.2 Å². The average Bonchev–Trinajstić information content (AvgIpc) is 2.46. The molecule has 1 aliphatic heterocycles. The van der Waals surface area contributed by atoms with E-state index in [1.807, 2.05) is 0 Å². The molecule has 0 aromatic carbocycles. The molecule has 1 fully saturated rings. The zero-order valence-corrected chi connectivity index (χ0v) is 11.5. The molecule has 2 N–H and O–H groups in total. The molecule has 0 bridgehead atoms. The maximum absolute atomic E-state index is 12.0. The Morgan fingerprint density at radius 1 is 1.42 bits per heavy atom. The van der Waals surface area contributed by atoms with E-state index in [1.54, 1.807) is 13.2 Å². The molecule has 0 spiro atoms. The summed E-state index contributed by atoms with van der Waals surface area (Å²) >= 11 is 0. The maximum atomic E-state index is 12.0. The summed E-state index contributed by atoms with van der Waals surface area (Å²) in [5.41, 5.74) is 0.361. The molecule has 2 rings (SSSR count). The fourth-order valence-electron chi connectivity index (χ4n) is 2.19. The lowest BCUT2D eigenvalue weighted by molar-refractivity contribution is 0.0934. The van der Waals surface area contributed by atoms with Crippen molar-refractivity contribution in [3.05, 3.63) is 18.1 Å². The molecule has 0 aliphatic carbocycles. The third-order valence-corrected chi connectivity index (χ3v) is 3.51. The van der Waals surface area contributed by atoms with Crippen molar-refractivity contribution in [1.29, 1.82) is 0 Å². The Morgan fingerprint density at radius 3 is 2.84 bits per heavy atom. The van der Waals surface area contributed by atoms with Crippen LogP contribution in [0, 0.1) is 5.92 Å². The normalized spacial score (nSPS) is 17.2. The van der Waals surface area contributed by atoms with Gasteiger partial charge in [0.2, 0.25) is 0 Å². The van der Waals surface area contributed by atoms with Gasteiger partial charge < -0.3 is 15.5 Å². The highest BCUT2D eigenvalue weighted by molar-refractivity contribution is 5.92. The molecule has 1 aromatic heterocycles. The summed E-state index contributed by atoms with van der Waals surface area (Å²) in [6.45, 7) is 2.93. The molecule has 1 aliphatic rings. The van der Waals surface area contributed by atoms with Crippen LogP contribution >= 0.6 is 0 Å². The van der Waals surface area contributed by atoms with Gasteiger partial charge in [-0.15, -0.1) is 0 Å². The van der Waals surface area contributed by atoms with E-state index in [0.29, 0.717) is 17.4 Å². The van der Waals surface area contributed by atoms with Crippen molar-refractivity contribution in [3.8, 4) is 0 Å². The number of anilines is 1. The number of rotatable bonds is 4. The van der Waals surface area contributed by atoms with Crippen LogP contribution in [-0.2, 0) is 0 Å². The number of piperidine rings is 1. The number of hydrogen-bond donors (Lipinski definition) is 2. The molecule has 19 heavy (non-hydrogen) atoms. The highest BCUT2D eigenvalue weighted by atomic mass is 16.1. The van der Waals surface area contributed by atoms with Gasteiger partial charge in [0.25, 0.3) is 5.91 Å². The van der Waals surface area contributed by atoms with E-state index in [9.17, 15) is 4.79 Å². The predicted octanol–water partition coefficient (Wildman–Crippen LogP) is 0.590. The summed E-state index contributed by atoms with van der Waals surface area (Å²) in [7, 11) is 3.89. The Labute approximate surface area is 113 Å². The van der Waals surface area contributed by atoms with Gasteiger partial charge in [0.05, 0.1) is 12.4 Å². The first-order valence-corrected chi connectivity index (χ1v) is 6.65. The Hall–Kier alpha value is -1.69. The predicted molar refractivity (Wildman–Crippen MR) is 74.1 cm³/mol. The van der Waals surface area contributed by atoms with E-state index in [2.05, 4.69) is 32.5 Å². The first kappa shape index (κ1) is 13.7. The van der Waals surface area contributed by atoms with Gasteiger partial charge in [-0.2, -0.15) is 0 Å². The van der Waals surface area contributed by atoms with Crippen molar-refractivity contribution < 1.29 is 4.79 Å². The molecule has 104 valence electrons. The number of carbonyl (C=O) groups is 1. The fourth-order valence-corrected chi connectivity index (χ4v) is 2.19. The number of nitrogens with one attached hydrogen (secondary N) is 2. The van der Waals surface area contributed by atoms with Crippen LogP contribution in [0.25, 0.3) is 0 Å². The molecule has 0 atom stereocenters. The molecule has 6 nitrogen and oxygen atoms in total. The van der Waals surface area contributed by atoms with E-state index < -0.39 is 0 Å². The summed E-state index contributed by atoms with van der Waals surface area (Å²) in [5, 5.41) is 5.82. The molecular formula is C13H21N5O. The summed E-state index contributed by atoms with van der Waals surface area (Å²) < 4.78 is 0. The van der Waals surface area contributed by atoms with Crippen LogP contribution in [0.5, 0.6) is 0 Å². The lowest BCUT2D eigenvalue weighted by atomic mass is 9.97. The summed E-state index contributed by atoms with van der Waals surface area (Å²) in [6.07, 6.45) is 5.36. The van der Waals surface area contributed by atoms with Crippen molar-refractivity contribution in [3.63, 3.8) is 0 Å². The molecule has 0 saturated carbocycles. The highest BCUT2D eigenvalue weighted by Crippen LogP contribution is 2.14. The van der Waals surface area contributed by atoms with Crippen LogP contribution in [0.1, 0.15) is 23.3 Å². The Balaban J connectivity index is 1.83. The molecule has 1 amide bonds. The third kappa shape index (κ3) is 3.89. The molecule has 0 unspecified atom stereocenters. The summed E-state index contributed by atoms with van der Waals surface area (Å²) in [4.78, 5) is 22.4. The van der Waals surface area contributed by atoms with Gasteiger partial charge in [0.1, 0.15) is 11.5 Å². The molecule has 0 radical (unpaired) electrons. The van der Waals surface area contributed by atoms with Gasteiger partial charge in [-0.1, -0.05) is 0 Å². The topological polar surface area (TPSA) is 70.2 Å². The number of nitrogens with zero attached hydrogens (tertiary/aromatic N) is 3. The van der Waals surface area contributed by atoms with Gasteiger partial charge in [0.15, 0.2) is 0 Å². The molecule has 1 aromatic rings. The highest BCUT2D eigenvalue weighted by Gasteiger charge is 2.18. The van der Waals surface area contributed by atoms with Gasteiger partial charge >= 0.3 is 0 Å². The van der Waals surface area contributed by atoms with Gasteiger partial charge in [0, 0.05) is 13.6 Å². The average molecular weight is 263 g/mol. The van der Waals surface area contributed by atoms with Crippen LogP contribution < -0.4 is 10.6 Å². The first-order valence-electron chi connectivity index (χ1n) is 6.65. The van der Waals surface area contributed by atoms with Gasteiger partial charge in [-0.05, 0) is 38.9 Å². The van der Waals surface area contributed by atoms with E-state index in [-0.39, 0.29) is 5.91 Å². The van der Waals surface area contributed by atoms with Crippen molar-refractivity contribution in [2.24, 2.45) is 5.92 Å². The minimum Gasteiger partial charge on any atom is -0.372 e. The van der Waals surface area contributed by atoms with Crippen molar-refractivity contribution in [2.75, 3.05) is 39.0 Å². The van der Waals surface area contributed by atoms with E-state index in [0.717, 1.165) is 32.5 Å². The van der Waals surface area contributed by atoms with Crippen molar-refractivity contribution in [2.45, 2.75) is 12.8 Å². The minimum atomic E-state index is -0.150. The Bertz CT molecular complexity index is 429. The molecule has 1 saturated heterocycles. The largest absolute Gasteiger partial charge is 0.372 e. The van der Waals surface area contributed by atoms with Crippen LogP contribution in [0.3, 0.4) is 0 Å². The Morgan fingerprint density at radius 2 is 2.16 bits per heavy atom. The standard InChI is InChI=1S/C13H21N5O/c1-14-12-9-15-8-11(17-12)13(19)16-7-10-3-5-18(2)6-4-10/h8-10H,3-7H2,1-2H3,(H,14,17)(H,16,19). The zero-order valence-electron chi connectivity index (χ0n) is 11.5. The summed E-state index contributed by atoms with van der Waals surface area (Å²) in [6, 6.07) is 0. The number of aromatic nitrogens is 2. The lowest BCUT2D eigenvalue weighted by Gasteiger charge is -2.28. The number of carbonyl (C=O) groups excluding carboxylic acids is 1. The second-order valence-electron chi connectivity index (χ2n) is 5.00. The van der Waals surface area contributed by atoms with Gasteiger partial charge in [-0.25, -0.2) is 4.98 Å². The Kier molecular flexibility index (Phi) is 4.68.